The highest BCUT2D eigenvalue weighted by Crippen LogP contribution is 2.31. The Morgan fingerprint density at radius 2 is 2.00 bits per heavy atom. The van der Waals surface area contributed by atoms with E-state index in [1.807, 2.05) is 43.5 Å². The van der Waals surface area contributed by atoms with Crippen molar-refractivity contribution in [3.8, 4) is 22.7 Å². The maximum Gasteiger partial charge on any atom is 0.407 e. The third-order valence-corrected chi connectivity index (χ3v) is 4.47. The van der Waals surface area contributed by atoms with Crippen LogP contribution in [0.3, 0.4) is 0 Å². The second-order valence-corrected chi connectivity index (χ2v) is 6.38. The van der Waals surface area contributed by atoms with Crippen LogP contribution in [0.2, 0.25) is 5.02 Å². The highest BCUT2D eigenvalue weighted by molar-refractivity contribution is 6.30. The van der Waals surface area contributed by atoms with Crippen molar-refractivity contribution >= 4 is 17.7 Å². The summed E-state index contributed by atoms with van der Waals surface area (Å²) in [6.45, 7) is 2.37. The van der Waals surface area contributed by atoms with Gasteiger partial charge in [0.2, 0.25) is 0 Å². The molecule has 0 aliphatic rings. The standard InChI is InChI=1S/C20H20ClN3O3/c1-13-4-6-16(10-14(13)12-22-20(25)27-3)24-9-8-18(23-24)17-7-5-15(21)11-19(17)26-2/h4-11H,12H2,1-3H3,(H,22,25). The van der Waals surface area contributed by atoms with Crippen LogP contribution in [0.4, 0.5) is 4.79 Å². The average Bonchev–Trinajstić information content (AvgIpc) is 3.16. The van der Waals surface area contributed by atoms with Gasteiger partial charge in [0.25, 0.3) is 0 Å². The molecular weight excluding hydrogens is 366 g/mol. The molecule has 1 amide bonds. The molecule has 2 aromatic carbocycles. The minimum absolute atomic E-state index is 0.380. The number of aryl methyl sites for hydroxylation is 1. The Kier molecular flexibility index (Phi) is 5.66. The minimum Gasteiger partial charge on any atom is -0.496 e. The van der Waals surface area contributed by atoms with Crippen molar-refractivity contribution < 1.29 is 14.3 Å². The van der Waals surface area contributed by atoms with Crippen molar-refractivity contribution in [1.82, 2.24) is 15.1 Å². The first kappa shape index (κ1) is 18.8. The summed E-state index contributed by atoms with van der Waals surface area (Å²) in [7, 11) is 2.95. The summed E-state index contributed by atoms with van der Waals surface area (Å²) in [6, 6.07) is 13.3. The lowest BCUT2D eigenvalue weighted by atomic mass is 10.1. The van der Waals surface area contributed by atoms with Gasteiger partial charge >= 0.3 is 6.09 Å². The van der Waals surface area contributed by atoms with Gasteiger partial charge in [-0.1, -0.05) is 17.7 Å². The first-order chi connectivity index (χ1) is 13.0. The number of hydrogen-bond donors (Lipinski definition) is 1. The smallest absolute Gasteiger partial charge is 0.407 e. The number of amides is 1. The summed E-state index contributed by atoms with van der Waals surface area (Å²) < 4.78 is 11.8. The minimum atomic E-state index is -0.462. The lowest BCUT2D eigenvalue weighted by molar-refractivity contribution is 0.170. The second kappa shape index (κ2) is 8.14. The van der Waals surface area contributed by atoms with Crippen LogP contribution in [0.1, 0.15) is 11.1 Å². The number of rotatable bonds is 5. The molecule has 1 aromatic heterocycles. The first-order valence-corrected chi connectivity index (χ1v) is 8.71. The first-order valence-electron chi connectivity index (χ1n) is 8.33. The molecule has 3 rings (SSSR count). The molecule has 0 atom stereocenters. The summed E-state index contributed by atoms with van der Waals surface area (Å²) in [4.78, 5) is 11.3. The molecule has 6 nitrogen and oxygen atoms in total. The van der Waals surface area contributed by atoms with Crippen molar-refractivity contribution in [3.63, 3.8) is 0 Å². The van der Waals surface area contributed by atoms with Crippen LogP contribution in [0.5, 0.6) is 5.75 Å². The monoisotopic (exact) mass is 385 g/mol. The zero-order valence-electron chi connectivity index (χ0n) is 15.3. The second-order valence-electron chi connectivity index (χ2n) is 5.95. The number of alkyl carbamates (subject to hydrolysis) is 1. The van der Waals surface area contributed by atoms with E-state index < -0.39 is 6.09 Å². The van der Waals surface area contributed by atoms with Crippen molar-refractivity contribution in [1.29, 1.82) is 0 Å². The van der Waals surface area contributed by atoms with Crippen LogP contribution >= 0.6 is 11.6 Å². The SMILES string of the molecule is COC(=O)NCc1cc(-n2ccc(-c3ccc(Cl)cc3OC)n2)ccc1C. The van der Waals surface area contributed by atoms with Crippen LogP contribution in [0, 0.1) is 6.92 Å². The number of carbonyl (C=O) groups is 1. The van der Waals surface area contributed by atoms with Gasteiger partial charge in [-0.05, 0) is 54.4 Å². The Hall–Kier alpha value is -2.99. The maximum atomic E-state index is 11.3. The molecule has 1 N–H and O–H groups in total. The third-order valence-electron chi connectivity index (χ3n) is 4.23. The van der Waals surface area contributed by atoms with Gasteiger partial charge in [-0.15, -0.1) is 0 Å². The third kappa shape index (κ3) is 4.23. The lowest BCUT2D eigenvalue weighted by Gasteiger charge is -2.10. The Balaban J connectivity index is 1.89. The van der Waals surface area contributed by atoms with Crippen LogP contribution < -0.4 is 10.1 Å². The van der Waals surface area contributed by atoms with Crippen molar-refractivity contribution in [2.24, 2.45) is 0 Å². The van der Waals surface area contributed by atoms with Gasteiger partial charge in [-0.2, -0.15) is 5.10 Å². The predicted molar refractivity (Wildman–Crippen MR) is 105 cm³/mol. The molecule has 0 bridgehead atoms. The zero-order chi connectivity index (χ0) is 19.4. The molecule has 0 fully saturated rings. The topological polar surface area (TPSA) is 65.4 Å². The number of methoxy groups -OCH3 is 2. The molecule has 0 spiro atoms. The molecule has 0 radical (unpaired) electrons. The molecule has 7 heteroatoms. The van der Waals surface area contributed by atoms with Crippen molar-refractivity contribution in [3.05, 3.63) is 64.8 Å². The van der Waals surface area contributed by atoms with E-state index in [2.05, 4.69) is 15.2 Å². The zero-order valence-corrected chi connectivity index (χ0v) is 16.1. The fraction of sp³-hybridized carbons (Fsp3) is 0.200. The number of aromatic nitrogens is 2. The number of ether oxygens (including phenoxy) is 2. The number of benzene rings is 2. The average molecular weight is 386 g/mol. The van der Waals surface area contributed by atoms with Gasteiger partial charge in [-0.25, -0.2) is 9.48 Å². The van der Waals surface area contributed by atoms with E-state index in [9.17, 15) is 4.79 Å². The molecule has 0 saturated heterocycles. The van der Waals surface area contributed by atoms with E-state index in [1.54, 1.807) is 23.9 Å². The van der Waals surface area contributed by atoms with E-state index in [0.717, 1.165) is 28.1 Å². The van der Waals surface area contributed by atoms with E-state index in [-0.39, 0.29) is 0 Å². The van der Waals surface area contributed by atoms with Crippen LogP contribution in [0.25, 0.3) is 16.9 Å². The summed E-state index contributed by atoms with van der Waals surface area (Å²) >= 11 is 6.03. The number of halogens is 1. The Bertz CT molecular complexity index is 969. The molecule has 0 aliphatic heterocycles. The summed E-state index contributed by atoms with van der Waals surface area (Å²) in [6.07, 6.45) is 1.42. The van der Waals surface area contributed by atoms with Gasteiger partial charge in [0.05, 0.1) is 25.6 Å². The number of hydrogen-bond acceptors (Lipinski definition) is 4. The van der Waals surface area contributed by atoms with Gasteiger partial charge in [-0.3, -0.25) is 0 Å². The molecule has 1 heterocycles. The van der Waals surface area contributed by atoms with E-state index >= 15 is 0 Å². The van der Waals surface area contributed by atoms with Crippen molar-refractivity contribution in [2.45, 2.75) is 13.5 Å². The molecular formula is C20H20ClN3O3. The number of nitrogens with one attached hydrogen (secondary N) is 1. The van der Waals surface area contributed by atoms with Crippen LogP contribution in [-0.4, -0.2) is 30.1 Å². The van der Waals surface area contributed by atoms with Crippen LogP contribution in [0.15, 0.2) is 48.7 Å². The Morgan fingerprint density at radius 3 is 2.74 bits per heavy atom. The molecule has 0 unspecified atom stereocenters. The molecule has 3 aromatic rings. The van der Waals surface area contributed by atoms with E-state index in [0.29, 0.717) is 17.3 Å². The maximum absolute atomic E-state index is 11.3. The van der Waals surface area contributed by atoms with E-state index in [4.69, 9.17) is 16.3 Å². The van der Waals surface area contributed by atoms with E-state index in [1.165, 1.54) is 7.11 Å². The summed E-state index contributed by atoms with van der Waals surface area (Å²) in [5, 5.41) is 7.96. The number of carbonyl (C=O) groups excluding carboxylic acids is 1. The Morgan fingerprint density at radius 1 is 1.19 bits per heavy atom. The summed E-state index contributed by atoms with van der Waals surface area (Å²) in [5.74, 6) is 0.666. The molecule has 0 saturated carbocycles. The fourth-order valence-electron chi connectivity index (χ4n) is 2.72. The molecule has 27 heavy (non-hydrogen) atoms. The quantitative estimate of drug-likeness (QED) is 0.708. The largest absolute Gasteiger partial charge is 0.496 e. The molecule has 0 aliphatic carbocycles. The lowest BCUT2D eigenvalue weighted by Crippen LogP contribution is -2.22. The van der Waals surface area contributed by atoms with Crippen LogP contribution in [-0.2, 0) is 11.3 Å². The number of nitrogens with zero attached hydrogens (tertiary/aromatic N) is 2. The Labute approximate surface area is 162 Å². The predicted octanol–water partition coefficient (Wildman–Crippen LogP) is 4.37. The normalized spacial score (nSPS) is 10.5. The van der Waals surface area contributed by atoms with Gasteiger partial charge < -0.3 is 14.8 Å². The molecule has 140 valence electrons. The highest BCUT2D eigenvalue weighted by Gasteiger charge is 2.11. The fourth-order valence-corrected chi connectivity index (χ4v) is 2.88. The van der Waals surface area contributed by atoms with Crippen molar-refractivity contribution in [2.75, 3.05) is 14.2 Å². The van der Waals surface area contributed by atoms with Gasteiger partial charge in [0.15, 0.2) is 0 Å². The van der Waals surface area contributed by atoms with Gasteiger partial charge in [0.1, 0.15) is 5.75 Å². The summed E-state index contributed by atoms with van der Waals surface area (Å²) in [5.41, 5.74) is 4.58. The van der Waals surface area contributed by atoms with Gasteiger partial charge in [0, 0.05) is 23.3 Å². The highest BCUT2D eigenvalue weighted by atomic mass is 35.5.